The van der Waals surface area contributed by atoms with E-state index in [1.165, 1.54) is 17.0 Å². The summed E-state index contributed by atoms with van der Waals surface area (Å²) in [6.07, 6.45) is 1.38. The minimum Gasteiger partial charge on any atom is -0.493 e. The summed E-state index contributed by atoms with van der Waals surface area (Å²) in [6, 6.07) is 15.5. The van der Waals surface area contributed by atoms with Gasteiger partial charge in [-0.3, -0.25) is 24.6 Å². The summed E-state index contributed by atoms with van der Waals surface area (Å²) in [4.78, 5) is 47.0. The van der Waals surface area contributed by atoms with Crippen molar-refractivity contribution in [1.29, 1.82) is 0 Å². The Hall–Kier alpha value is -4.77. The molecule has 0 radical (unpaired) electrons. The average molecular weight is 572 g/mol. The van der Waals surface area contributed by atoms with Crippen LogP contribution in [0, 0.1) is 10.1 Å². The van der Waals surface area contributed by atoms with Gasteiger partial charge in [-0.1, -0.05) is 12.1 Å². The molecular formula is C31H33N5O6. The van der Waals surface area contributed by atoms with Crippen molar-refractivity contribution in [3.05, 3.63) is 81.4 Å². The number of methoxy groups -OCH3 is 2. The highest BCUT2D eigenvalue weighted by Crippen LogP contribution is 2.38. The molecule has 0 fully saturated rings. The van der Waals surface area contributed by atoms with Crippen molar-refractivity contribution < 1.29 is 24.0 Å². The van der Waals surface area contributed by atoms with Crippen LogP contribution in [0.1, 0.15) is 41.8 Å². The number of fused-ring (bicyclic) bond motifs is 3. The molecule has 2 amide bonds. The van der Waals surface area contributed by atoms with E-state index in [1.54, 1.807) is 32.4 Å². The Bertz CT molecular complexity index is 1660. The van der Waals surface area contributed by atoms with E-state index in [2.05, 4.69) is 10.3 Å². The van der Waals surface area contributed by atoms with E-state index in [1.807, 2.05) is 38.1 Å². The van der Waals surface area contributed by atoms with Crippen LogP contribution in [-0.2, 0) is 16.6 Å². The topological polar surface area (TPSA) is 140 Å². The van der Waals surface area contributed by atoms with Crippen molar-refractivity contribution in [1.82, 2.24) is 20.2 Å². The van der Waals surface area contributed by atoms with E-state index in [4.69, 9.17) is 14.5 Å². The van der Waals surface area contributed by atoms with Crippen LogP contribution in [0.4, 0.5) is 5.69 Å². The number of imidazole rings is 1. The smallest absolute Gasteiger partial charge is 0.269 e. The molecule has 0 saturated carbocycles. The molecule has 0 atom stereocenters. The van der Waals surface area contributed by atoms with Gasteiger partial charge in [-0.25, -0.2) is 4.98 Å². The first-order valence-corrected chi connectivity index (χ1v) is 13.7. The molecule has 1 aliphatic rings. The van der Waals surface area contributed by atoms with Crippen LogP contribution < -0.4 is 14.8 Å². The highest BCUT2D eigenvalue weighted by atomic mass is 16.6. The number of aromatic amines is 1. The van der Waals surface area contributed by atoms with Crippen molar-refractivity contribution in [3.63, 3.8) is 0 Å². The molecule has 0 saturated heterocycles. The lowest BCUT2D eigenvalue weighted by atomic mass is 9.76. The number of hydrogen-bond acceptors (Lipinski definition) is 8. The molecule has 11 nitrogen and oxygen atoms in total. The number of amides is 2. The first kappa shape index (κ1) is 28.7. The second-order valence-corrected chi connectivity index (χ2v) is 10.7. The predicted molar refractivity (Wildman–Crippen MR) is 158 cm³/mol. The van der Waals surface area contributed by atoms with Crippen molar-refractivity contribution in [2.45, 2.75) is 32.1 Å². The number of ether oxygens (including phenoxy) is 2. The maximum absolute atomic E-state index is 13.7. The van der Waals surface area contributed by atoms with E-state index >= 15 is 0 Å². The minimum absolute atomic E-state index is 0.0197. The molecule has 218 valence electrons. The van der Waals surface area contributed by atoms with Crippen molar-refractivity contribution in [3.8, 4) is 22.9 Å². The zero-order valence-corrected chi connectivity index (χ0v) is 24.0. The third-order valence-corrected chi connectivity index (χ3v) is 7.69. The average Bonchev–Trinajstić information content (AvgIpc) is 3.43. The number of H-pyrrole nitrogens is 1. The van der Waals surface area contributed by atoms with Crippen LogP contribution >= 0.6 is 0 Å². The fourth-order valence-electron chi connectivity index (χ4n) is 5.33. The number of rotatable bonds is 11. The molecule has 1 aliphatic heterocycles. The van der Waals surface area contributed by atoms with Gasteiger partial charge >= 0.3 is 0 Å². The largest absolute Gasteiger partial charge is 0.493 e. The number of carbonyl (C=O) groups excluding carboxylic acids is 2. The van der Waals surface area contributed by atoms with Gasteiger partial charge in [0.2, 0.25) is 5.91 Å². The quantitative estimate of drug-likeness (QED) is 0.115. The molecule has 4 aromatic rings. The molecule has 0 spiro atoms. The van der Waals surface area contributed by atoms with Gasteiger partial charge in [-0.05, 0) is 81.2 Å². The highest BCUT2D eigenvalue weighted by molar-refractivity contribution is 6.18. The summed E-state index contributed by atoms with van der Waals surface area (Å²) in [5.74, 6) is 1.25. The summed E-state index contributed by atoms with van der Waals surface area (Å²) in [5.41, 5.74) is 3.00. The van der Waals surface area contributed by atoms with Gasteiger partial charge in [0.05, 0.1) is 35.6 Å². The van der Waals surface area contributed by atoms with Crippen molar-refractivity contribution in [2.24, 2.45) is 0 Å². The highest BCUT2D eigenvalue weighted by Gasteiger charge is 2.45. The van der Waals surface area contributed by atoms with E-state index in [0.717, 1.165) is 18.5 Å². The van der Waals surface area contributed by atoms with E-state index < -0.39 is 10.3 Å². The molecule has 0 aliphatic carbocycles. The minimum atomic E-state index is -0.912. The third-order valence-electron chi connectivity index (χ3n) is 7.69. The number of nitrogens with one attached hydrogen (secondary N) is 2. The number of nitro benzene ring substituents is 1. The van der Waals surface area contributed by atoms with E-state index in [-0.39, 0.29) is 24.0 Å². The third kappa shape index (κ3) is 5.30. The Kier molecular flexibility index (Phi) is 7.95. The molecule has 3 aromatic carbocycles. The lowest BCUT2D eigenvalue weighted by Crippen LogP contribution is -2.52. The van der Waals surface area contributed by atoms with Gasteiger partial charge in [0.25, 0.3) is 11.6 Å². The van der Waals surface area contributed by atoms with Gasteiger partial charge < -0.3 is 19.8 Å². The number of imide groups is 1. The number of nitrogens with zero attached hydrogens (tertiary/aromatic N) is 3. The van der Waals surface area contributed by atoms with Gasteiger partial charge in [0.15, 0.2) is 11.5 Å². The monoisotopic (exact) mass is 571 g/mol. The van der Waals surface area contributed by atoms with E-state index in [9.17, 15) is 19.7 Å². The number of hydrogen-bond donors (Lipinski definition) is 2. The first-order chi connectivity index (χ1) is 20.1. The molecule has 5 rings (SSSR count). The van der Waals surface area contributed by atoms with Crippen LogP contribution in [-0.4, -0.2) is 65.5 Å². The van der Waals surface area contributed by atoms with Gasteiger partial charge in [0.1, 0.15) is 11.3 Å². The van der Waals surface area contributed by atoms with E-state index in [0.29, 0.717) is 58.0 Å². The van der Waals surface area contributed by atoms with Crippen LogP contribution in [0.5, 0.6) is 11.5 Å². The number of non-ortho nitro benzene ring substituents is 1. The lowest BCUT2D eigenvalue weighted by molar-refractivity contribution is -0.384. The number of nitro groups is 1. The lowest BCUT2D eigenvalue weighted by Gasteiger charge is -2.37. The summed E-state index contributed by atoms with van der Waals surface area (Å²) in [7, 11) is 3.21. The van der Waals surface area contributed by atoms with Crippen molar-refractivity contribution in [2.75, 3.05) is 33.9 Å². The van der Waals surface area contributed by atoms with Crippen LogP contribution in [0.3, 0.4) is 0 Å². The fourth-order valence-corrected chi connectivity index (χ4v) is 5.33. The molecule has 0 unspecified atom stereocenters. The maximum atomic E-state index is 13.7. The Balaban J connectivity index is 1.28. The second kappa shape index (κ2) is 11.6. The van der Waals surface area contributed by atoms with Crippen molar-refractivity contribution >= 4 is 28.5 Å². The predicted octanol–water partition coefficient (Wildman–Crippen LogP) is 4.64. The molecule has 1 aromatic heterocycles. The standard InChI is InChI=1S/C31H33N5O6/c1-31(2)22-11-12-23-27(34-28(33-23)20-7-9-21(10-8-20)36(39)40)26(22)29(37)35(30(31)38)17-5-15-32-16-14-19-6-13-24(41-3)25(18-19)42-4/h6-13,18,32H,5,14-17H2,1-4H3,(H,33,34). The summed E-state index contributed by atoms with van der Waals surface area (Å²) in [5, 5.41) is 14.4. The molecule has 0 bridgehead atoms. The number of carbonyl (C=O) groups is 2. The van der Waals surface area contributed by atoms with Crippen LogP contribution in [0.15, 0.2) is 54.6 Å². The van der Waals surface area contributed by atoms with Crippen LogP contribution in [0.25, 0.3) is 22.4 Å². The Morgan fingerprint density at radius 1 is 1.00 bits per heavy atom. The van der Waals surface area contributed by atoms with Crippen LogP contribution in [0.2, 0.25) is 0 Å². The number of benzene rings is 3. The molecular weight excluding hydrogens is 538 g/mol. The molecule has 2 N–H and O–H groups in total. The maximum Gasteiger partial charge on any atom is 0.269 e. The molecule has 42 heavy (non-hydrogen) atoms. The first-order valence-electron chi connectivity index (χ1n) is 13.7. The number of aromatic nitrogens is 2. The Morgan fingerprint density at radius 2 is 1.74 bits per heavy atom. The zero-order valence-electron chi connectivity index (χ0n) is 24.0. The zero-order chi connectivity index (χ0) is 30.0. The Morgan fingerprint density at radius 3 is 2.43 bits per heavy atom. The normalized spacial score (nSPS) is 14.2. The summed E-state index contributed by atoms with van der Waals surface area (Å²) >= 11 is 0. The molecule has 11 heteroatoms. The van der Waals surface area contributed by atoms with Gasteiger partial charge in [-0.15, -0.1) is 0 Å². The summed E-state index contributed by atoms with van der Waals surface area (Å²) in [6.45, 7) is 5.29. The Labute approximate surface area is 243 Å². The molecule has 2 heterocycles. The second-order valence-electron chi connectivity index (χ2n) is 10.7. The SMILES string of the molecule is COc1ccc(CCNCCCN2C(=O)c3c(ccc4[nH]c(-c5ccc([N+](=O)[O-])cc5)nc34)C(C)(C)C2=O)cc1OC. The fraction of sp³-hybridized carbons (Fsp3) is 0.323. The van der Waals surface area contributed by atoms with Gasteiger partial charge in [0, 0.05) is 24.2 Å². The summed E-state index contributed by atoms with van der Waals surface area (Å²) < 4.78 is 10.7. The van der Waals surface area contributed by atoms with Gasteiger partial charge in [-0.2, -0.15) is 0 Å².